The van der Waals surface area contributed by atoms with Gasteiger partial charge < -0.3 is 19.7 Å². The van der Waals surface area contributed by atoms with E-state index in [4.69, 9.17) is 30.8 Å². The highest BCUT2D eigenvalue weighted by Crippen LogP contribution is 2.37. The number of likely N-dealkylation sites (N-methyl/N-ethyl adjacent to an activating group) is 1. The smallest absolute Gasteiger partial charge is 0.162 e. The van der Waals surface area contributed by atoms with Gasteiger partial charge in [0.1, 0.15) is 24.2 Å². The molecule has 3 aromatic heterocycles. The van der Waals surface area contributed by atoms with Crippen LogP contribution in [-0.2, 0) is 7.05 Å². The molecule has 0 fully saturated rings. The Morgan fingerprint density at radius 3 is 2.62 bits per heavy atom. The maximum absolute atomic E-state index is 9.98. The Bertz CT molecular complexity index is 1300. The number of aryl methyl sites for hydroxylation is 3. The molecule has 0 aliphatic rings. The lowest BCUT2D eigenvalue weighted by Gasteiger charge is -2.15. The van der Waals surface area contributed by atoms with Gasteiger partial charge in [-0.3, -0.25) is 4.68 Å². The maximum Gasteiger partial charge on any atom is 0.162 e. The van der Waals surface area contributed by atoms with E-state index in [1.807, 2.05) is 34.0 Å². The zero-order valence-electron chi connectivity index (χ0n) is 19.8. The molecule has 1 atom stereocenters. The van der Waals surface area contributed by atoms with Crippen LogP contribution in [0.25, 0.3) is 33.9 Å². The Morgan fingerprint density at radius 1 is 1.21 bits per heavy atom. The molecule has 10 heteroatoms. The van der Waals surface area contributed by atoms with E-state index in [-0.39, 0.29) is 6.61 Å². The molecule has 4 aromatic rings. The van der Waals surface area contributed by atoms with Gasteiger partial charge in [-0.05, 0) is 46.0 Å². The summed E-state index contributed by atoms with van der Waals surface area (Å²) in [5, 5.41) is 21.8. The number of benzene rings is 1. The maximum atomic E-state index is 9.98. The van der Waals surface area contributed by atoms with Gasteiger partial charge in [-0.25, -0.2) is 9.97 Å². The number of aromatic nitrogens is 5. The van der Waals surface area contributed by atoms with Gasteiger partial charge in [0.25, 0.3) is 0 Å². The van der Waals surface area contributed by atoms with Crippen LogP contribution in [0.5, 0.6) is 5.75 Å². The Labute approximate surface area is 202 Å². The fraction of sp³-hybridized carbons (Fsp3) is 0.333. The largest absolute Gasteiger partial charge is 0.491 e. The highest BCUT2D eigenvalue weighted by atomic mass is 35.5. The number of rotatable bonds is 8. The second-order valence-electron chi connectivity index (χ2n) is 8.14. The number of aliphatic hydroxyl groups is 1. The highest BCUT2D eigenvalue weighted by molar-refractivity contribution is 6.33. The van der Waals surface area contributed by atoms with Crippen molar-refractivity contribution in [3.05, 3.63) is 52.6 Å². The molecule has 0 amide bonds. The molecule has 0 unspecified atom stereocenters. The molecule has 0 saturated heterocycles. The summed E-state index contributed by atoms with van der Waals surface area (Å²) in [6.45, 7) is 6.28. The van der Waals surface area contributed by atoms with Crippen molar-refractivity contribution in [1.29, 1.82) is 0 Å². The fourth-order valence-corrected chi connectivity index (χ4v) is 3.98. The quantitative estimate of drug-likeness (QED) is 0.390. The average Bonchev–Trinajstić information content (AvgIpc) is 3.38. The third kappa shape index (κ3) is 4.82. The van der Waals surface area contributed by atoms with Crippen LogP contribution in [0.3, 0.4) is 0 Å². The molecule has 34 heavy (non-hydrogen) atoms. The molecule has 0 radical (unpaired) electrons. The normalized spacial score (nSPS) is 12.2. The van der Waals surface area contributed by atoms with Crippen molar-refractivity contribution in [2.45, 2.75) is 26.9 Å². The van der Waals surface area contributed by atoms with Gasteiger partial charge in [-0.1, -0.05) is 16.8 Å². The lowest BCUT2D eigenvalue weighted by atomic mass is 10.0. The SMILES string of the molecule is CNC[C@@H](O)COc1ccc(Cl)c(-c2nc(-c3cnn(C)c3)c(C)c(-c3c(C)noc3C)n2)c1. The standard InChI is InChI=1S/C24H27ClN6O3/c1-13-22(16-9-27-31(5)11-16)28-24(29-23(13)21-14(2)30-34-15(21)3)19-8-18(6-7-20(19)25)33-12-17(32)10-26-4/h6-9,11,17,26,32H,10,12H2,1-5H3/t17-/m1/s1. The minimum Gasteiger partial charge on any atom is -0.491 e. The zero-order chi connectivity index (χ0) is 24.4. The van der Waals surface area contributed by atoms with Gasteiger partial charge in [0.2, 0.25) is 0 Å². The van der Waals surface area contributed by atoms with Gasteiger partial charge >= 0.3 is 0 Å². The van der Waals surface area contributed by atoms with E-state index >= 15 is 0 Å². The molecule has 1 aromatic carbocycles. The summed E-state index contributed by atoms with van der Waals surface area (Å²) < 4.78 is 12.9. The average molecular weight is 483 g/mol. The molecule has 0 saturated carbocycles. The van der Waals surface area contributed by atoms with Crippen molar-refractivity contribution in [3.63, 3.8) is 0 Å². The molecule has 0 aliphatic carbocycles. The van der Waals surface area contributed by atoms with E-state index in [1.165, 1.54) is 0 Å². The van der Waals surface area contributed by atoms with Crippen LogP contribution in [0.4, 0.5) is 0 Å². The van der Waals surface area contributed by atoms with Crippen molar-refractivity contribution in [3.8, 4) is 39.7 Å². The first kappa shape index (κ1) is 23.9. The lowest BCUT2D eigenvalue weighted by molar-refractivity contribution is 0.108. The first-order chi connectivity index (χ1) is 16.3. The summed E-state index contributed by atoms with van der Waals surface area (Å²) in [7, 11) is 3.63. The van der Waals surface area contributed by atoms with Gasteiger partial charge in [-0.2, -0.15) is 5.10 Å². The summed E-state index contributed by atoms with van der Waals surface area (Å²) >= 11 is 6.58. The second-order valence-corrected chi connectivity index (χ2v) is 8.54. The zero-order valence-corrected chi connectivity index (χ0v) is 20.5. The second kappa shape index (κ2) is 9.92. The number of nitrogens with one attached hydrogen (secondary N) is 1. The van der Waals surface area contributed by atoms with Crippen molar-refractivity contribution in [2.75, 3.05) is 20.2 Å². The van der Waals surface area contributed by atoms with E-state index in [2.05, 4.69) is 15.6 Å². The van der Waals surface area contributed by atoms with Gasteiger partial charge in [0.15, 0.2) is 5.82 Å². The van der Waals surface area contributed by atoms with E-state index in [1.54, 1.807) is 36.1 Å². The molecule has 4 rings (SSSR count). The Morgan fingerprint density at radius 2 is 1.97 bits per heavy atom. The minimum atomic E-state index is -0.636. The number of halogens is 1. The van der Waals surface area contributed by atoms with E-state index in [9.17, 15) is 5.11 Å². The number of hydrogen-bond donors (Lipinski definition) is 2. The first-order valence-electron chi connectivity index (χ1n) is 10.8. The van der Waals surface area contributed by atoms with Crippen molar-refractivity contribution < 1.29 is 14.4 Å². The van der Waals surface area contributed by atoms with Crippen LogP contribution in [-0.4, -0.2) is 56.3 Å². The summed E-state index contributed by atoms with van der Waals surface area (Å²) in [5.41, 5.74) is 5.36. The Hall–Kier alpha value is -3.27. The predicted octanol–water partition coefficient (Wildman–Crippen LogP) is 3.74. The molecule has 3 heterocycles. The van der Waals surface area contributed by atoms with Crippen LogP contribution >= 0.6 is 11.6 Å². The molecule has 9 nitrogen and oxygen atoms in total. The van der Waals surface area contributed by atoms with Crippen LogP contribution in [0.2, 0.25) is 5.02 Å². The molecule has 178 valence electrons. The van der Waals surface area contributed by atoms with Crippen LogP contribution in [0, 0.1) is 20.8 Å². The third-order valence-electron chi connectivity index (χ3n) is 5.46. The topological polar surface area (TPSA) is 111 Å². The summed E-state index contributed by atoms with van der Waals surface area (Å²) in [6.07, 6.45) is 3.03. The van der Waals surface area contributed by atoms with Crippen LogP contribution in [0.1, 0.15) is 17.0 Å². The molecular formula is C24H27ClN6O3. The Balaban J connectivity index is 1.85. The van der Waals surface area contributed by atoms with Crippen molar-refractivity contribution in [1.82, 2.24) is 30.2 Å². The highest BCUT2D eigenvalue weighted by Gasteiger charge is 2.22. The van der Waals surface area contributed by atoms with Gasteiger partial charge in [-0.15, -0.1) is 0 Å². The van der Waals surface area contributed by atoms with E-state index in [0.717, 1.165) is 28.1 Å². The first-order valence-corrected chi connectivity index (χ1v) is 11.2. The molecular weight excluding hydrogens is 456 g/mol. The van der Waals surface area contributed by atoms with Crippen LogP contribution < -0.4 is 10.1 Å². The fourth-order valence-electron chi connectivity index (χ4n) is 3.78. The van der Waals surface area contributed by atoms with Gasteiger partial charge in [0, 0.05) is 36.5 Å². The minimum absolute atomic E-state index is 0.141. The van der Waals surface area contributed by atoms with Crippen LogP contribution in [0.15, 0.2) is 35.1 Å². The molecule has 0 bridgehead atoms. The van der Waals surface area contributed by atoms with E-state index < -0.39 is 6.10 Å². The number of aliphatic hydroxyl groups excluding tert-OH is 1. The lowest BCUT2D eigenvalue weighted by Crippen LogP contribution is -2.29. The molecule has 2 N–H and O–H groups in total. The predicted molar refractivity (Wildman–Crippen MR) is 130 cm³/mol. The van der Waals surface area contributed by atoms with E-state index in [0.29, 0.717) is 40.2 Å². The molecule has 0 aliphatic heterocycles. The number of ether oxygens (including phenoxy) is 1. The summed E-state index contributed by atoms with van der Waals surface area (Å²) in [4.78, 5) is 9.76. The number of hydrogen-bond acceptors (Lipinski definition) is 8. The van der Waals surface area contributed by atoms with Gasteiger partial charge in [0.05, 0.1) is 33.9 Å². The van der Waals surface area contributed by atoms with Crippen molar-refractivity contribution >= 4 is 11.6 Å². The summed E-state index contributed by atoms with van der Waals surface area (Å²) in [6, 6.07) is 5.27. The Kier molecular flexibility index (Phi) is 6.97. The summed E-state index contributed by atoms with van der Waals surface area (Å²) in [5.74, 6) is 1.66. The van der Waals surface area contributed by atoms with Crippen molar-refractivity contribution in [2.24, 2.45) is 7.05 Å². The molecule has 0 spiro atoms. The monoisotopic (exact) mass is 482 g/mol. The third-order valence-corrected chi connectivity index (χ3v) is 5.78. The number of nitrogens with zero attached hydrogens (tertiary/aromatic N) is 5.